The zero-order chi connectivity index (χ0) is 15.8. The van der Waals surface area contributed by atoms with E-state index in [4.69, 9.17) is 5.11 Å². The van der Waals surface area contributed by atoms with Gasteiger partial charge in [0.2, 0.25) is 5.91 Å². The van der Waals surface area contributed by atoms with E-state index >= 15 is 0 Å². The molecule has 0 aromatic heterocycles. The molecule has 2 N–H and O–H groups in total. The molecule has 2 aromatic rings. The first-order valence-electron chi connectivity index (χ1n) is 7.44. The van der Waals surface area contributed by atoms with Crippen molar-refractivity contribution in [1.29, 1.82) is 0 Å². The second-order valence-corrected chi connectivity index (χ2v) is 5.24. The number of hydrogen-bond donors (Lipinski definition) is 2. The highest BCUT2D eigenvalue weighted by Crippen LogP contribution is 2.27. The summed E-state index contributed by atoms with van der Waals surface area (Å²) in [7, 11) is 1.89. The lowest BCUT2D eigenvalue weighted by atomic mass is 10.0. The highest BCUT2D eigenvalue weighted by molar-refractivity contribution is 5.95. The van der Waals surface area contributed by atoms with Crippen molar-refractivity contribution >= 4 is 11.6 Å². The Kier molecular flexibility index (Phi) is 6.13. The molecular formula is C18H22N2O2. The molecule has 0 aliphatic heterocycles. The molecule has 0 aliphatic carbocycles. The minimum Gasteiger partial charge on any atom is -0.395 e. The molecule has 0 aliphatic rings. The molecule has 0 heterocycles. The SMILES string of the molecule is CN(CCO)CCC(=O)Nc1ccccc1-c1ccccc1. The number of aliphatic hydroxyl groups excluding tert-OH is 1. The predicted octanol–water partition coefficient (Wildman–Crippen LogP) is 2.61. The molecule has 0 atom stereocenters. The van der Waals surface area contributed by atoms with Crippen molar-refractivity contribution in [3.05, 3.63) is 54.6 Å². The molecule has 1 amide bonds. The number of carbonyl (C=O) groups is 1. The lowest BCUT2D eigenvalue weighted by Crippen LogP contribution is -2.26. The Morgan fingerprint density at radius 1 is 1.05 bits per heavy atom. The van der Waals surface area contributed by atoms with E-state index < -0.39 is 0 Å². The van der Waals surface area contributed by atoms with Crippen molar-refractivity contribution in [2.75, 3.05) is 32.1 Å². The van der Waals surface area contributed by atoms with Gasteiger partial charge in [-0.25, -0.2) is 0 Å². The maximum atomic E-state index is 12.1. The van der Waals surface area contributed by atoms with E-state index in [0.717, 1.165) is 16.8 Å². The number of carbonyl (C=O) groups excluding carboxylic acids is 1. The van der Waals surface area contributed by atoms with Gasteiger partial charge in [0, 0.05) is 30.8 Å². The van der Waals surface area contributed by atoms with Gasteiger partial charge >= 0.3 is 0 Å². The first-order valence-corrected chi connectivity index (χ1v) is 7.44. The number of amides is 1. The summed E-state index contributed by atoms with van der Waals surface area (Å²) in [5.41, 5.74) is 2.92. The third-order valence-corrected chi connectivity index (χ3v) is 3.49. The predicted molar refractivity (Wildman–Crippen MR) is 89.7 cm³/mol. The van der Waals surface area contributed by atoms with Crippen LogP contribution in [0.4, 0.5) is 5.69 Å². The third kappa shape index (κ3) is 4.69. The van der Waals surface area contributed by atoms with Crippen LogP contribution in [-0.4, -0.2) is 42.7 Å². The van der Waals surface area contributed by atoms with Gasteiger partial charge in [-0.3, -0.25) is 4.79 Å². The minimum atomic E-state index is -0.0202. The Morgan fingerprint density at radius 2 is 1.73 bits per heavy atom. The molecule has 116 valence electrons. The summed E-state index contributed by atoms with van der Waals surface area (Å²) in [5, 5.41) is 11.8. The Morgan fingerprint density at radius 3 is 2.45 bits per heavy atom. The molecular weight excluding hydrogens is 276 g/mol. The van der Waals surface area contributed by atoms with Crippen LogP contribution in [0.3, 0.4) is 0 Å². The maximum Gasteiger partial charge on any atom is 0.225 e. The molecule has 0 unspecified atom stereocenters. The molecule has 4 heteroatoms. The second kappa shape index (κ2) is 8.32. The van der Waals surface area contributed by atoms with Crippen molar-refractivity contribution < 1.29 is 9.90 Å². The van der Waals surface area contributed by atoms with E-state index in [1.165, 1.54) is 0 Å². The van der Waals surface area contributed by atoms with Crippen LogP contribution in [0.2, 0.25) is 0 Å². The van der Waals surface area contributed by atoms with Crippen LogP contribution in [-0.2, 0) is 4.79 Å². The minimum absolute atomic E-state index is 0.0202. The van der Waals surface area contributed by atoms with Crippen LogP contribution < -0.4 is 5.32 Å². The van der Waals surface area contributed by atoms with E-state index in [2.05, 4.69) is 5.32 Å². The van der Waals surface area contributed by atoms with E-state index in [1.807, 2.05) is 66.5 Å². The number of rotatable bonds is 7. The van der Waals surface area contributed by atoms with Crippen molar-refractivity contribution in [3.63, 3.8) is 0 Å². The summed E-state index contributed by atoms with van der Waals surface area (Å²) in [6, 6.07) is 17.8. The Hall–Kier alpha value is -2.17. The number of hydrogen-bond acceptors (Lipinski definition) is 3. The van der Waals surface area contributed by atoms with Crippen LogP contribution in [0, 0.1) is 0 Å². The third-order valence-electron chi connectivity index (χ3n) is 3.49. The topological polar surface area (TPSA) is 52.6 Å². The molecule has 0 spiro atoms. The fraction of sp³-hybridized carbons (Fsp3) is 0.278. The summed E-state index contributed by atoms with van der Waals surface area (Å²) < 4.78 is 0. The molecule has 22 heavy (non-hydrogen) atoms. The maximum absolute atomic E-state index is 12.1. The van der Waals surface area contributed by atoms with E-state index in [1.54, 1.807) is 0 Å². The van der Waals surface area contributed by atoms with Crippen LogP contribution in [0.15, 0.2) is 54.6 Å². The van der Waals surface area contributed by atoms with Crippen LogP contribution in [0.25, 0.3) is 11.1 Å². The molecule has 2 aromatic carbocycles. The number of likely N-dealkylation sites (N-methyl/N-ethyl adjacent to an activating group) is 1. The standard InChI is InChI=1S/C18H22N2O2/c1-20(13-14-21)12-11-18(22)19-17-10-6-5-9-16(17)15-7-3-2-4-8-15/h2-10,21H,11-14H2,1H3,(H,19,22). The summed E-state index contributed by atoms with van der Waals surface area (Å²) >= 11 is 0. The largest absolute Gasteiger partial charge is 0.395 e. The van der Waals surface area contributed by atoms with E-state index in [9.17, 15) is 4.79 Å². The summed E-state index contributed by atoms with van der Waals surface area (Å²) in [5.74, 6) is -0.0202. The lowest BCUT2D eigenvalue weighted by molar-refractivity contribution is -0.116. The number of aliphatic hydroxyl groups is 1. The van der Waals surface area contributed by atoms with Gasteiger partial charge in [0.25, 0.3) is 0 Å². The van der Waals surface area contributed by atoms with Gasteiger partial charge in [0.15, 0.2) is 0 Å². The molecule has 0 saturated heterocycles. The van der Waals surface area contributed by atoms with Gasteiger partial charge in [-0.05, 0) is 18.7 Å². The molecule has 4 nitrogen and oxygen atoms in total. The first-order chi connectivity index (χ1) is 10.7. The summed E-state index contributed by atoms with van der Waals surface area (Å²) in [6.07, 6.45) is 0.402. The molecule has 0 radical (unpaired) electrons. The van der Waals surface area contributed by atoms with E-state index in [0.29, 0.717) is 19.5 Å². The lowest BCUT2D eigenvalue weighted by Gasteiger charge is -2.15. The Labute approximate surface area is 131 Å². The van der Waals surface area contributed by atoms with Crippen molar-refractivity contribution in [2.24, 2.45) is 0 Å². The quantitative estimate of drug-likeness (QED) is 0.826. The highest BCUT2D eigenvalue weighted by atomic mass is 16.3. The Balaban J connectivity index is 2.03. The van der Waals surface area contributed by atoms with Crippen molar-refractivity contribution in [2.45, 2.75) is 6.42 Å². The van der Waals surface area contributed by atoms with Crippen molar-refractivity contribution in [3.8, 4) is 11.1 Å². The fourth-order valence-corrected chi connectivity index (χ4v) is 2.25. The number of anilines is 1. The zero-order valence-electron chi connectivity index (χ0n) is 12.8. The second-order valence-electron chi connectivity index (χ2n) is 5.24. The van der Waals surface area contributed by atoms with Gasteiger partial charge < -0.3 is 15.3 Å². The van der Waals surface area contributed by atoms with Gasteiger partial charge in [0.1, 0.15) is 0 Å². The van der Waals surface area contributed by atoms with Crippen LogP contribution in [0.5, 0.6) is 0 Å². The molecule has 0 fully saturated rings. The molecule has 0 saturated carbocycles. The average molecular weight is 298 g/mol. The van der Waals surface area contributed by atoms with E-state index in [-0.39, 0.29) is 12.5 Å². The van der Waals surface area contributed by atoms with Gasteiger partial charge in [-0.2, -0.15) is 0 Å². The van der Waals surface area contributed by atoms with Crippen LogP contribution in [0.1, 0.15) is 6.42 Å². The van der Waals surface area contributed by atoms with Crippen LogP contribution >= 0.6 is 0 Å². The highest BCUT2D eigenvalue weighted by Gasteiger charge is 2.09. The molecule has 0 bridgehead atoms. The molecule has 2 rings (SSSR count). The number of nitrogens with one attached hydrogen (secondary N) is 1. The van der Waals surface area contributed by atoms with Gasteiger partial charge in [-0.15, -0.1) is 0 Å². The van der Waals surface area contributed by atoms with Gasteiger partial charge in [-0.1, -0.05) is 48.5 Å². The number of para-hydroxylation sites is 1. The number of nitrogens with zero attached hydrogens (tertiary/aromatic N) is 1. The summed E-state index contributed by atoms with van der Waals surface area (Å²) in [4.78, 5) is 14.0. The fourth-order valence-electron chi connectivity index (χ4n) is 2.25. The summed E-state index contributed by atoms with van der Waals surface area (Å²) in [6.45, 7) is 1.31. The Bertz CT molecular complexity index is 599. The smallest absolute Gasteiger partial charge is 0.225 e. The zero-order valence-corrected chi connectivity index (χ0v) is 12.8. The normalized spacial score (nSPS) is 10.7. The number of benzene rings is 2. The van der Waals surface area contributed by atoms with Gasteiger partial charge in [0.05, 0.1) is 6.61 Å². The first kappa shape index (κ1) is 16.2. The monoisotopic (exact) mass is 298 g/mol. The average Bonchev–Trinajstić information content (AvgIpc) is 2.55. The van der Waals surface area contributed by atoms with Crippen molar-refractivity contribution in [1.82, 2.24) is 4.90 Å².